The van der Waals surface area contributed by atoms with Crippen molar-refractivity contribution < 1.29 is 24.2 Å². The Morgan fingerprint density at radius 2 is 1.78 bits per heavy atom. The van der Waals surface area contributed by atoms with Crippen LogP contribution in [-0.2, 0) is 9.53 Å². The third-order valence-electron chi connectivity index (χ3n) is 2.79. The van der Waals surface area contributed by atoms with Crippen molar-refractivity contribution in [1.29, 1.82) is 0 Å². The predicted octanol–water partition coefficient (Wildman–Crippen LogP) is 0.382. The van der Waals surface area contributed by atoms with E-state index in [4.69, 9.17) is 9.84 Å². The molecule has 0 spiro atoms. The van der Waals surface area contributed by atoms with Crippen molar-refractivity contribution in [3.8, 4) is 0 Å². The maximum Gasteiger partial charge on any atom is 0.334 e. The molecule has 94 valence electrons. The van der Waals surface area contributed by atoms with Crippen molar-refractivity contribution in [3.63, 3.8) is 0 Å². The third-order valence-corrected chi connectivity index (χ3v) is 2.79. The van der Waals surface area contributed by atoms with Crippen LogP contribution in [0.25, 0.3) is 0 Å². The van der Waals surface area contributed by atoms with Crippen LogP contribution in [0.4, 0.5) is 0 Å². The van der Waals surface area contributed by atoms with Crippen molar-refractivity contribution in [2.24, 2.45) is 0 Å². The van der Waals surface area contributed by atoms with E-state index in [0.29, 0.717) is 11.1 Å². The Kier molecular flexibility index (Phi) is 3.12. The van der Waals surface area contributed by atoms with E-state index in [1.807, 2.05) is 0 Å². The Bertz CT molecular complexity index is 490. The van der Waals surface area contributed by atoms with Gasteiger partial charge in [-0.2, -0.15) is 0 Å². The van der Waals surface area contributed by atoms with E-state index in [9.17, 15) is 14.4 Å². The maximum absolute atomic E-state index is 11.9. The molecular weight excluding hydrogens is 238 g/mol. The molecular formula is C12H11NO5. The summed E-state index contributed by atoms with van der Waals surface area (Å²) >= 11 is 0. The van der Waals surface area contributed by atoms with Gasteiger partial charge in [-0.05, 0) is 12.1 Å². The Balaban J connectivity index is 2.26. The number of nitrogens with zero attached hydrogens (tertiary/aromatic N) is 1. The average molecular weight is 249 g/mol. The largest absolute Gasteiger partial charge is 0.479 e. The van der Waals surface area contributed by atoms with Gasteiger partial charge in [-0.25, -0.2) is 4.79 Å². The fourth-order valence-corrected chi connectivity index (χ4v) is 1.82. The van der Waals surface area contributed by atoms with Gasteiger partial charge in [0.25, 0.3) is 11.8 Å². The molecule has 1 aliphatic rings. The van der Waals surface area contributed by atoms with Crippen LogP contribution in [0.1, 0.15) is 20.7 Å². The van der Waals surface area contributed by atoms with Crippen LogP contribution >= 0.6 is 0 Å². The van der Waals surface area contributed by atoms with Crippen molar-refractivity contribution in [2.75, 3.05) is 13.7 Å². The van der Waals surface area contributed by atoms with Gasteiger partial charge in [-0.15, -0.1) is 0 Å². The van der Waals surface area contributed by atoms with E-state index in [0.717, 1.165) is 4.90 Å². The number of aliphatic carboxylic acids is 1. The standard InChI is InChI=1S/C12H11NO5/c1-18-9(12(16)17)6-13-10(14)7-4-2-3-5-8(7)11(13)15/h2-5,9H,6H2,1H3,(H,16,17). The number of fused-ring (bicyclic) bond motifs is 1. The SMILES string of the molecule is COC(CN1C(=O)c2ccccc2C1=O)C(=O)O. The van der Waals surface area contributed by atoms with Gasteiger partial charge in [0.2, 0.25) is 0 Å². The first-order valence-corrected chi connectivity index (χ1v) is 5.27. The first-order chi connectivity index (χ1) is 8.56. The molecule has 0 radical (unpaired) electrons. The third kappa shape index (κ3) is 1.86. The molecule has 0 saturated carbocycles. The Hall–Kier alpha value is -2.21. The highest BCUT2D eigenvalue weighted by molar-refractivity contribution is 6.21. The summed E-state index contributed by atoms with van der Waals surface area (Å²) in [5.74, 6) is -2.19. The van der Waals surface area contributed by atoms with Gasteiger partial charge in [0.1, 0.15) is 0 Å². The average Bonchev–Trinajstić information content (AvgIpc) is 2.60. The number of hydrogen-bond acceptors (Lipinski definition) is 4. The monoisotopic (exact) mass is 249 g/mol. The maximum atomic E-state index is 11.9. The number of carbonyl (C=O) groups is 3. The molecule has 1 N–H and O–H groups in total. The molecule has 0 saturated heterocycles. The zero-order valence-electron chi connectivity index (χ0n) is 9.62. The van der Waals surface area contributed by atoms with Crippen LogP contribution in [0.2, 0.25) is 0 Å². The van der Waals surface area contributed by atoms with E-state index in [-0.39, 0.29) is 6.54 Å². The van der Waals surface area contributed by atoms with Gasteiger partial charge in [0, 0.05) is 7.11 Å². The number of carboxylic acid groups (broad SMARTS) is 1. The van der Waals surface area contributed by atoms with E-state index in [1.165, 1.54) is 19.2 Å². The fraction of sp³-hybridized carbons (Fsp3) is 0.250. The highest BCUT2D eigenvalue weighted by Crippen LogP contribution is 2.22. The summed E-state index contributed by atoms with van der Waals surface area (Å²) in [7, 11) is 1.22. The van der Waals surface area contributed by atoms with Gasteiger partial charge < -0.3 is 9.84 Å². The van der Waals surface area contributed by atoms with Crippen LogP contribution in [0.5, 0.6) is 0 Å². The first kappa shape index (κ1) is 12.3. The molecule has 0 aromatic heterocycles. The first-order valence-electron chi connectivity index (χ1n) is 5.27. The number of benzene rings is 1. The highest BCUT2D eigenvalue weighted by atomic mass is 16.5. The zero-order chi connectivity index (χ0) is 13.3. The second-order valence-corrected chi connectivity index (χ2v) is 3.83. The van der Waals surface area contributed by atoms with Crippen molar-refractivity contribution >= 4 is 17.8 Å². The van der Waals surface area contributed by atoms with Gasteiger partial charge in [-0.3, -0.25) is 14.5 Å². The van der Waals surface area contributed by atoms with E-state index >= 15 is 0 Å². The zero-order valence-corrected chi connectivity index (χ0v) is 9.62. The fourth-order valence-electron chi connectivity index (χ4n) is 1.82. The number of carboxylic acids is 1. The van der Waals surface area contributed by atoms with E-state index in [1.54, 1.807) is 12.1 Å². The number of ether oxygens (including phenoxy) is 1. The van der Waals surface area contributed by atoms with Crippen molar-refractivity contribution in [1.82, 2.24) is 4.90 Å². The molecule has 0 aliphatic carbocycles. The summed E-state index contributed by atoms with van der Waals surface area (Å²) in [6.45, 7) is -0.293. The molecule has 1 heterocycles. The number of rotatable bonds is 4. The Morgan fingerprint density at radius 3 is 2.17 bits per heavy atom. The lowest BCUT2D eigenvalue weighted by Crippen LogP contribution is -2.41. The molecule has 0 fully saturated rings. The molecule has 0 bridgehead atoms. The summed E-state index contributed by atoms with van der Waals surface area (Å²) in [6.07, 6.45) is -1.22. The number of imide groups is 1. The minimum atomic E-state index is -1.22. The number of carbonyl (C=O) groups excluding carboxylic acids is 2. The number of hydrogen-bond donors (Lipinski definition) is 1. The molecule has 1 aliphatic heterocycles. The lowest BCUT2D eigenvalue weighted by Gasteiger charge is -2.18. The smallest absolute Gasteiger partial charge is 0.334 e. The van der Waals surface area contributed by atoms with Gasteiger partial charge >= 0.3 is 5.97 Å². The molecule has 18 heavy (non-hydrogen) atoms. The second-order valence-electron chi connectivity index (χ2n) is 3.83. The van der Waals surface area contributed by atoms with Crippen LogP contribution in [-0.4, -0.2) is 47.5 Å². The summed E-state index contributed by atoms with van der Waals surface area (Å²) < 4.78 is 4.72. The van der Waals surface area contributed by atoms with Gasteiger partial charge in [0.05, 0.1) is 17.7 Å². The Labute approximate surface area is 103 Å². The van der Waals surface area contributed by atoms with E-state index in [2.05, 4.69) is 0 Å². The quantitative estimate of drug-likeness (QED) is 0.780. The molecule has 1 aromatic rings. The van der Waals surface area contributed by atoms with Crippen molar-refractivity contribution in [3.05, 3.63) is 35.4 Å². The van der Waals surface area contributed by atoms with Crippen LogP contribution < -0.4 is 0 Å². The molecule has 1 unspecified atom stereocenters. The molecule has 2 amide bonds. The van der Waals surface area contributed by atoms with Crippen LogP contribution in [0.15, 0.2) is 24.3 Å². The second kappa shape index (κ2) is 4.58. The van der Waals surface area contributed by atoms with Crippen LogP contribution in [0, 0.1) is 0 Å². The minimum Gasteiger partial charge on any atom is -0.479 e. The summed E-state index contributed by atoms with van der Waals surface area (Å²) in [5, 5.41) is 8.85. The van der Waals surface area contributed by atoms with E-state index < -0.39 is 23.9 Å². The topological polar surface area (TPSA) is 83.9 Å². The minimum absolute atomic E-state index is 0.293. The number of methoxy groups -OCH3 is 1. The molecule has 6 heteroatoms. The molecule has 6 nitrogen and oxygen atoms in total. The highest BCUT2D eigenvalue weighted by Gasteiger charge is 2.37. The predicted molar refractivity (Wildman–Crippen MR) is 60.2 cm³/mol. The summed E-state index contributed by atoms with van der Waals surface area (Å²) in [6, 6.07) is 6.38. The molecule has 2 rings (SSSR count). The van der Waals surface area contributed by atoms with Gasteiger partial charge in [0.15, 0.2) is 6.10 Å². The molecule has 1 atom stereocenters. The lowest BCUT2D eigenvalue weighted by atomic mass is 10.1. The normalized spacial score (nSPS) is 15.7. The van der Waals surface area contributed by atoms with Gasteiger partial charge in [-0.1, -0.05) is 12.1 Å². The molecule has 1 aromatic carbocycles. The Morgan fingerprint density at radius 1 is 1.28 bits per heavy atom. The summed E-state index contributed by atoms with van der Waals surface area (Å²) in [5.41, 5.74) is 0.588. The van der Waals surface area contributed by atoms with Crippen LogP contribution in [0.3, 0.4) is 0 Å². The summed E-state index contributed by atoms with van der Waals surface area (Å²) in [4.78, 5) is 35.6. The number of amides is 2. The lowest BCUT2D eigenvalue weighted by molar-refractivity contribution is -0.148. The van der Waals surface area contributed by atoms with Crippen molar-refractivity contribution in [2.45, 2.75) is 6.10 Å².